The Kier molecular flexibility index (Phi) is 13.2. The first kappa shape index (κ1) is 37.4. The largest absolute Gasteiger partial charge is 1.00 e. The normalized spacial score (nSPS) is 17.7. The molecule has 242 valence electrons. The van der Waals surface area contributed by atoms with Crippen LogP contribution in [-0.4, -0.2) is 70.4 Å². The van der Waals surface area contributed by atoms with Crippen LogP contribution in [0.25, 0.3) is 11.3 Å². The Morgan fingerprint density at radius 2 is 1.66 bits per heavy atom. The molecule has 5 N–H and O–H groups in total. The number of carbonyl (C=O) groups is 1. The van der Waals surface area contributed by atoms with E-state index in [4.69, 9.17) is 10.2 Å². The van der Waals surface area contributed by atoms with Crippen molar-refractivity contribution in [1.82, 2.24) is 9.55 Å². The van der Waals surface area contributed by atoms with Crippen molar-refractivity contribution in [3.8, 4) is 11.3 Å². The maximum Gasteiger partial charge on any atom is 0.243 e. The molecular weight excluding hydrogens is 650 g/mol. The molecule has 3 heterocycles. The Hall–Kier alpha value is -2.77. The zero-order valence-corrected chi connectivity index (χ0v) is 28.7. The van der Waals surface area contributed by atoms with Crippen molar-refractivity contribution in [1.29, 1.82) is 0 Å². The van der Waals surface area contributed by atoms with E-state index in [0.29, 0.717) is 12.2 Å². The first-order valence-corrected chi connectivity index (χ1v) is 17.4. The molecule has 0 amide bonds. The van der Waals surface area contributed by atoms with Crippen LogP contribution in [0.2, 0.25) is 18.1 Å². The van der Waals surface area contributed by atoms with Crippen LogP contribution in [0, 0.1) is 11.6 Å². The Balaban J connectivity index is 0.000000311. The van der Waals surface area contributed by atoms with Crippen LogP contribution in [0.1, 0.15) is 62.3 Å². The van der Waals surface area contributed by atoms with Gasteiger partial charge < -0.3 is 36.6 Å². The van der Waals surface area contributed by atoms with Gasteiger partial charge in [-0.2, -0.15) is 0 Å². The number of fused-ring (bicyclic) bond motifs is 1. The van der Waals surface area contributed by atoms with E-state index in [-0.39, 0.29) is 70.1 Å². The number of amidine groups is 1. The Morgan fingerprint density at radius 3 is 2.23 bits per heavy atom. The van der Waals surface area contributed by atoms with Gasteiger partial charge >= 0.3 is 0 Å². The number of carbonyl (C=O) groups excluding carboxylic acids is 1. The molecule has 0 radical (unpaired) electrons. The number of nitrogens with zero attached hydrogens (tertiary/aromatic N) is 3. The highest BCUT2D eigenvalue weighted by molar-refractivity contribution is 6.74. The number of hydrogen-bond acceptors (Lipinski definition) is 5. The van der Waals surface area contributed by atoms with Gasteiger partial charge in [-0.1, -0.05) is 20.8 Å². The van der Waals surface area contributed by atoms with Crippen molar-refractivity contribution >= 4 is 19.9 Å². The summed E-state index contributed by atoms with van der Waals surface area (Å²) in [7, 11) is -1.84. The van der Waals surface area contributed by atoms with E-state index in [2.05, 4.69) is 38.8 Å². The number of ketones is 1. The quantitative estimate of drug-likeness (QED) is 0.212. The monoisotopic (exact) mass is 694 g/mol. The summed E-state index contributed by atoms with van der Waals surface area (Å²) in [4.78, 5) is 17.0. The van der Waals surface area contributed by atoms with Crippen LogP contribution in [0.15, 0.2) is 54.7 Å². The molecule has 2 atom stereocenters. The summed E-state index contributed by atoms with van der Waals surface area (Å²) in [6.45, 7) is 12.0. The molecule has 0 unspecified atom stereocenters. The number of imidazole rings is 1. The molecule has 2 aliphatic rings. The smallest absolute Gasteiger partial charge is 0.243 e. The lowest BCUT2D eigenvalue weighted by Crippen LogP contribution is -3.00. The van der Waals surface area contributed by atoms with Gasteiger partial charge in [0, 0.05) is 30.2 Å². The number of hydrogen-bond donors (Lipinski definition) is 2. The minimum Gasteiger partial charge on any atom is -1.00 e. The van der Waals surface area contributed by atoms with E-state index in [0.717, 1.165) is 48.6 Å². The molecule has 0 aliphatic carbocycles. The second-order valence-corrected chi connectivity index (χ2v) is 17.5. The average molecular weight is 696 g/mol. The van der Waals surface area contributed by atoms with Gasteiger partial charge in [-0.05, 0) is 73.1 Å². The summed E-state index contributed by atoms with van der Waals surface area (Å²) >= 11 is 0. The summed E-state index contributed by atoms with van der Waals surface area (Å²) in [5.41, 5.74) is 8.39. The average Bonchev–Trinajstić information content (AvgIpc) is 3.63. The van der Waals surface area contributed by atoms with Gasteiger partial charge in [0.1, 0.15) is 30.0 Å². The fraction of sp³-hybridized carbons (Fsp3) is 0.469. The molecule has 8 nitrogen and oxygen atoms in total. The number of aromatic nitrogens is 2. The van der Waals surface area contributed by atoms with Crippen LogP contribution < -0.4 is 22.7 Å². The number of aliphatic hydroxyl groups is 1. The lowest BCUT2D eigenvalue weighted by Gasteiger charge is -2.36. The van der Waals surface area contributed by atoms with Crippen molar-refractivity contribution in [2.45, 2.75) is 76.7 Å². The number of aryl methyl sites for hydroxylation is 1. The fourth-order valence-electron chi connectivity index (χ4n) is 4.96. The van der Waals surface area contributed by atoms with Crippen LogP contribution in [-0.2, 0) is 10.8 Å². The van der Waals surface area contributed by atoms with E-state index >= 15 is 0 Å². The number of halogens is 3. The van der Waals surface area contributed by atoms with Crippen molar-refractivity contribution in [3.63, 3.8) is 0 Å². The minimum absolute atomic E-state index is 0. The Bertz CT molecular complexity index is 1420. The SMILES string of the molecule is CC(C)(C)[Si](C)(C)OC[C@@H]1CCC(N)=[N+]1CC(=O)c1ccc(F)cc1.O.OC[C@@H]1CCc2nc(-c3ccc(F)cc3)cn21.[Br-]. The molecule has 2 aliphatic heterocycles. The third kappa shape index (κ3) is 8.91. The molecule has 0 bridgehead atoms. The van der Waals surface area contributed by atoms with Gasteiger partial charge in [0.2, 0.25) is 11.6 Å². The standard InChI is InChI=1S/C19H29FN2O2Si.C13H13FN2O.BrH.H2O/c1-19(2,3)25(4,5)24-13-16-10-11-18(21)22(16)12-17(23)14-6-8-15(20)9-7-14;14-10-3-1-9(2-4-10)12-7-16-11(8-17)5-6-13(16)15-12;;/h6-9,16,21H,10-13H2,1-5H3;1-4,7,11,17H,5-6,8H2;1H;1H2/t16-;11-;;/m00../s1. The third-order valence-corrected chi connectivity index (χ3v) is 13.2. The van der Waals surface area contributed by atoms with Crippen LogP contribution in [0.4, 0.5) is 8.78 Å². The highest BCUT2D eigenvalue weighted by Gasteiger charge is 2.39. The van der Waals surface area contributed by atoms with Crippen LogP contribution in [0.5, 0.6) is 0 Å². The summed E-state index contributed by atoms with van der Waals surface area (Å²) in [5.74, 6) is 1.10. The molecule has 3 aromatic rings. The van der Waals surface area contributed by atoms with Crippen molar-refractivity contribution < 1.29 is 50.1 Å². The summed E-state index contributed by atoms with van der Waals surface area (Å²) in [6.07, 6.45) is 5.46. The van der Waals surface area contributed by atoms with Crippen LogP contribution >= 0.6 is 0 Å². The first-order valence-electron chi connectivity index (χ1n) is 14.5. The van der Waals surface area contributed by atoms with Gasteiger partial charge in [0.15, 0.2) is 8.32 Å². The van der Waals surface area contributed by atoms with E-state index in [1.54, 1.807) is 12.1 Å². The molecule has 0 saturated carbocycles. The van der Waals surface area contributed by atoms with Crippen LogP contribution in [0.3, 0.4) is 0 Å². The number of aliphatic hydroxyl groups excluding tert-OH is 1. The first-order chi connectivity index (χ1) is 19.8. The number of rotatable bonds is 8. The zero-order chi connectivity index (χ0) is 30.7. The van der Waals surface area contributed by atoms with E-state index in [1.807, 2.05) is 15.3 Å². The fourth-order valence-corrected chi connectivity index (χ4v) is 6.00. The summed E-state index contributed by atoms with van der Waals surface area (Å²) in [6, 6.07) is 12.2. The Morgan fingerprint density at radius 1 is 1.07 bits per heavy atom. The molecule has 44 heavy (non-hydrogen) atoms. The number of benzene rings is 2. The minimum atomic E-state index is -1.84. The molecule has 1 aromatic heterocycles. The maximum absolute atomic E-state index is 13.0. The lowest BCUT2D eigenvalue weighted by molar-refractivity contribution is -0.548. The molecule has 0 saturated heterocycles. The van der Waals surface area contributed by atoms with Crippen molar-refractivity contribution in [2.75, 3.05) is 19.8 Å². The van der Waals surface area contributed by atoms with Gasteiger partial charge in [-0.25, -0.2) is 13.8 Å². The molecule has 0 spiro atoms. The number of nitrogens with two attached hydrogens (primary N) is 1. The number of Topliss-reactive ketones (excluding diaryl/α,β-unsaturated/α-hetero) is 1. The molecule has 5 rings (SSSR count). The zero-order valence-electron chi connectivity index (χ0n) is 26.1. The molecule has 2 aromatic carbocycles. The predicted octanol–water partition coefficient (Wildman–Crippen LogP) is 1.91. The molecule has 0 fully saturated rings. The predicted molar refractivity (Wildman–Crippen MR) is 167 cm³/mol. The molecule has 12 heteroatoms. The van der Waals surface area contributed by atoms with Crippen molar-refractivity contribution in [2.24, 2.45) is 5.73 Å². The maximum atomic E-state index is 13.0. The highest BCUT2D eigenvalue weighted by Crippen LogP contribution is 2.37. The van der Waals surface area contributed by atoms with E-state index in [9.17, 15) is 18.7 Å². The third-order valence-electron chi connectivity index (χ3n) is 8.72. The van der Waals surface area contributed by atoms with Crippen molar-refractivity contribution in [3.05, 3.63) is 77.8 Å². The van der Waals surface area contributed by atoms with E-state index in [1.165, 1.54) is 36.4 Å². The second kappa shape index (κ2) is 15.5. The van der Waals surface area contributed by atoms with Gasteiger partial charge in [0.25, 0.3) is 0 Å². The summed E-state index contributed by atoms with van der Waals surface area (Å²) in [5, 5.41) is 9.38. The van der Waals surface area contributed by atoms with E-state index < -0.39 is 8.32 Å². The van der Waals surface area contributed by atoms with Gasteiger partial charge in [-0.15, -0.1) is 0 Å². The summed E-state index contributed by atoms with van der Waals surface area (Å²) < 4.78 is 36.2. The van der Waals surface area contributed by atoms with Gasteiger partial charge in [0.05, 0.1) is 31.4 Å². The topological polar surface area (TPSA) is 125 Å². The van der Waals surface area contributed by atoms with Gasteiger partial charge in [-0.3, -0.25) is 15.1 Å². The highest BCUT2D eigenvalue weighted by atomic mass is 79.9. The second-order valence-electron chi connectivity index (χ2n) is 12.6. The molecular formula is C32H45BrF2N4O4Si. The Labute approximate surface area is 270 Å². The lowest BCUT2D eigenvalue weighted by atomic mass is 10.1.